The number of aromatic nitrogens is 1. The quantitative estimate of drug-likeness (QED) is 0.806. The molecule has 0 spiro atoms. The van der Waals surface area contributed by atoms with Crippen molar-refractivity contribution < 1.29 is 22.7 Å². The van der Waals surface area contributed by atoms with Crippen LogP contribution in [-0.4, -0.2) is 17.6 Å². The minimum absolute atomic E-state index is 0.00708. The van der Waals surface area contributed by atoms with E-state index in [1.165, 1.54) is 6.92 Å². The third-order valence-electron chi connectivity index (χ3n) is 1.83. The average molecular weight is 234 g/mol. The molecular formula is C9H9F3N2O2. The Balaban J connectivity index is 3.16. The summed E-state index contributed by atoms with van der Waals surface area (Å²) in [5, 5.41) is 0. The summed E-state index contributed by atoms with van der Waals surface area (Å²) in [7, 11) is 0. The monoisotopic (exact) mass is 234 g/mol. The number of rotatable bonds is 3. The van der Waals surface area contributed by atoms with Crippen LogP contribution in [-0.2, 0) is 6.54 Å². The SMILES string of the molecule is Cc1nc(CN)c(C=O)cc1OC(F)(F)F. The number of aryl methyl sites for hydroxylation is 1. The minimum Gasteiger partial charge on any atom is -0.404 e. The number of aldehydes is 1. The molecule has 7 heteroatoms. The largest absolute Gasteiger partial charge is 0.573 e. The lowest BCUT2D eigenvalue weighted by atomic mass is 10.2. The highest BCUT2D eigenvalue weighted by Gasteiger charge is 2.32. The van der Waals surface area contributed by atoms with Crippen molar-refractivity contribution in [3.8, 4) is 5.75 Å². The molecule has 1 aromatic heterocycles. The maximum atomic E-state index is 12.0. The zero-order valence-corrected chi connectivity index (χ0v) is 8.34. The Labute approximate surface area is 89.2 Å². The van der Waals surface area contributed by atoms with Gasteiger partial charge in [0.05, 0.1) is 11.4 Å². The molecule has 0 radical (unpaired) electrons. The van der Waals surface area contributed by atoms with Gasteiger partial charge in [-0.25, -0.2) is 0 Å². The van der Waals surface area contributed by atoms with Crippen LogP contribution in [0.2, 0.25) is 0 Å². The van der Waals surface area contributed by atoms with Crippen LogP contribution < -0.4 is 10.5 Å². The van der Waals surface area contributed by atoms with Crippen LogP contribution in [0.1, 0.15) is 21.7 Å². The lowest BCUT2D eigenvalue weighted by molar-refractivity contribution is -0.275. The smallest absolute Gasteiger partial charge is 0.404 e. The van der Waals surface area contributed by atoms with Gasteiger partial charge in [-0.15, -0.1) is 13.2 Å². The zero-order chi connectivity index (χ0) is 12.3. The van der Waals surface area contributed by atoms with E-state index in [-0.39, 0.29) is 23.5 Å². The van der Waals surface area contributed by atoms with Gasteiger partial charge in [0.1, 0.15) is 0 Å². The number of alkyl halides is 3. The molecule has 1 heterocycles. The van der Waals surface area contributed by atoms with E-state index in [9.17, 15) is 18.0 Å². The fourth-order valence-corrected chi connectivity index (χ4v) is 1.14. The molecule has 0 unspecified atom stereocenters. The maximum Gasteiger partial charge on any atom is 0.573 e. The Morgan fingerprint density at radius 3 is 2.62 bits per heavy atom. The van der Waals surface area contributed by atoms with Gasteiger partial charge in [-0.1, -0.05) is 0 Å². The second-order valence-electron chi connectivity index (χ2n) is 2.98. The third kappa shape index (κ3) is 2.93. The number of hydrogen-bond donors (Lipinski definition) is 1. The van der Waals surface area contributed by atoms with Crippen molar-refractivity contribution in [3.63, 3.8) is 0 Å². The summed E-state index contributed by atoms with van der Waals surface area (Å²) < 4.78 is 39.6. The molecule has 0 aliphatic carbocycles. The molecule has 0 amide bonds. The van der Waals surface area contributed by atoms with Crippen LogP contribution in [0.4, 0.5) is 13.2 Å². The number of halogens is 3. The summed E-state index contributed by atoms with van der Waals surface area (Å²) in [6.07, 6.45) is -4.42. The van der Waals surface area contributed by atoms with Gasteiger partial charge in [-0.3, -0.25) is 9.78 Å². The molecule has 0 aromatic carbocycles. The van der Waals surface area contributed by atoms with Crippen LogP contribution >= 0.6 is 0 Å². The predicted octanol–water partition coefficient (Wildman–Crippen LogP) is 1.56. The van der Waals surface area contributed by atoms with E-state index >= 15 is 0 Å². The molecule has 1 rings (SSSR count). The maximum absolute atomic E-state index is 12.0. The van der Waals surface area contributed by atoms with Crippen molar-refractivity contribution in [3.05, 3.63) is 23.0 Å². The molecule has 88 valence electrons. The Kier molecular flexibility index (Phi) is 3.48. The molecule has 0 atom stereocenters. The average Bonchev–Trinajstić information content (AvgIpc) is 2.18. The topological polar surface area (TPSA) is 65.2 Å². The van der Waals surface area contributed by atoms with Gasteiger partial charge < -0.3 is 10.5 Å². The molecular weight excluding hydrogens is 225 g/mol. The lowest BCUT2D eigenvalue weighted by Crippen LogP contribution is -2.19. The fraction of sp³-hybridized carbons (Fsp3) is 0.333. The molecule has 0 saturated heterocycles. The molecule has 1 aromatic rings. The van der Waals surface area contributed by atoms with Crippen LogP contribution in [0.15, 0.2) is 6.07 Å². The van der Waals surface area contributed by atoms with E-state index in [4.69, 9.17) is 5.73 Å². The summed E-state index contributed by atoms with van der Waals surface area (Å²) in [5.74, 6) is -0.494. The highest BCUT2D eigenvalue weighted by molar-refractivity contribution is 5.77. The number of ether oxygens (including phenoxy) is 1. The molecule has 0 bridgehead atoms. The highest BCUT2D eigenvalue weighted by Crippen LogP contribution is 2.26. The number of nitrogens with two attached hydrogens (primary N) is 1. The standard InChI is InChI=1S/C9H9F3N2O2/c1-5-8(16-9(10,11)12)2-6(4-15)7(3-13)14-5/h2,4H,3,13H2,1H3. The molecule has 0 saturated carbocycles. The van der Waals surface area contributed by atoms with Crippen molar-refractivity contribution >= 4 is 6.29 Å². The van der Waals surface area contributed by atoms with Crippen molar-refractivity contribution in [2.45, 2.75) is 19.8 Å². The Morgan fingerprint density at radius 2 is 2.19 bits per heavy atom. The predicted molar refractivity (Wildman–Crippen MR) is 48.9 cm³/mol. The van der Waals surface area contributed by atoms with Gasteiger partial charge in [0.25, 0.3) is 0 Å². The summed E-state index contributed by atoms with van der Waals surface area (Å²) >= 11 is 0. The first-order chi connectivity index (χ1) is 7.37. The Bertz CT molecular complexity index is 404. The van der Waals surface area contributed by atoms with Crippen LogP contribution in [0, 0.1) is 6.92 Å². The van der Waals surface area contributed by atoms with Gasteiger partial charge in [0, 0.05) is 12.1 Å². The molecule has 16 heavy (non-hydrogen) atoms. The van der Waals surface area contributed by atoms with Crippen molar-refractivity contribution in [2.24, 2.45) is 5.73 Å². The van der Waals surface area contributed by atoms with Gasteiger partial charge in [-0.2, -0.15) is 0 Å². The first kappa shape index (κ1) is 12.4. The second kappa shape index (κ2) is 4.48. The van der Waals surface area contributed by atoms with Gasteiger partial charge >= 0.3 is 6.36 Å². The fourth-order valence-electron chi connectivity index (χ4n) is 1.14. The van der Waals surface area contributed by atoms with Gasteiger partial charge in [0.15, 0.2) is 12.0 Å². The minimum atomic E-state index is -4.81. The molecule has 0 aliphatic heterocycles. The summed E-state index contributed by atoms with van der Waals surface area (Å²) in [6, 6.07) is 0.977. The number of carbonyl (C=O) groups excluding carboxylic acids is 1. The second-order valence-corrected chi connectivity index (χ2v) is 2.98. The molecule has 0 aliphatic rings. The van der Waals surface area contributed by atoms with Gasteiger partial charge in [-0.05, 0) is 13.0 Å². The van der Waals surface area contributed by atoms with E-state index in [2.05, 4.69) is 9.72 Å². The number of pyridine rings is 1. The molecule has 4 nitrogen and oxygen atoms in total. The number of hydrogen-bond acceptors (Lipinski definition) is 4. The Hall–Kier alpha value is -1.63. The zero-order valence-electron chi connectivity index (χ0n) is 8.34. The van der Waals surface area contributed by atoms with E-state index in [1.807, 2.05) is 0 Å². The van der Waals surface area contributed by atoms with E-state index in [0.29, 0.717) is 6.29 Å². The first-order valence-corrected chi connectivity index (χ1v) is 4.29. The summed E-state index contributed by atoms with van der Waals surface area (Å²) in [4.78, 5) is 14.3. The lowest BCUT2D eigenvalue weighted by Gasteiger charge is -2.12. The van der Waals surface area contributed by atoms with E-state index < -0.39 is 12.1 Å². The number of carbonyl (C=O) groups is 1. The third-order valence-corrected chi connectivity index (χ3v) is 1.83. The van der Waals surface area contributed by atoms with Crippen molar-refractivity contribution in [1.29, 1.82) is 0 Å². The van der Waals surface area contributed by atoms with Crippen molar-refractivity contribution in [2.75, 3.05) is 0 Å². The first-order valence-electron chi connectivity index (χ1n) is 4.29. The summed E-state index contributed by atoms with van der Waals surface area (Å²) in [5.41, 5.74) is 5.55. The number of nitrogens with zero attached hydrogens (tertiary/aromatic N) is 1. The molecule has 0 fully saturated rings. The normalized spacial score (nSPS) is 11.3. The highest BCUT2D eigenvalue weighted by atomic mass is 19.4. The Morgan fingerprint density at radius 1 is 1.56 bits per heavy atom. The molecule has 2 N–H and O–H groups in total. The van der Waals surface area contributed by atoms with Crippen LogP contribution in [0.5, 0.6) is 5.75 Å². The van der Waals surface area contributed by atoms with E-state index in [1.54, 1.807) is 0 Å². The van der Waals surface area contributed by atoms with Crippen LogP contribution in [0.3, 0.4) is 0 Å². The van der Waals surface area contributed by atoms with Crippen molar-refractivity contribution in [1.82, 2.24) is 4.98 Å². The summed E-state index contributed by atoms with van der Waals surface area (Å²) in [6.45, 7) is 1.32. The van der Waals surface area contributed by atoms with Crippen LogP contribution in [0.25, 0.3) is 0 Å². The van der Waals surface area contributed by atoms with E-state index in [0.717, 1.165) is 6.07 Å². The van der Waals surface area contributed by atoms with Gasteiger partial charge in [0.2, 0.25) is 0 Å².